The highest BCUT2D eigenvalue weighted by Crippen LogP contribution is 2.11. The lowest BCUT2D eigenvalue weighted by atomic mass is 10.3. The van der Waals surface area contributed by atoms with Crippen LogP contribution in [0.5, 0.6) is 0 Å². The average Bonchev–Trinajstić information content (AvgIpc) is 2.33. The summed E-state index contributed by atoms with van der Waals surface area (Å²) in [5, 5.41) is 2.81. The van der Waals surface area contributed by atoms with Gasteiger partial charge in [0.1, 0.15) is 11.5 Å². The van der Waals surface area contributed by atoms with Crippen LogP contribution in [0.25, 0.3) is 0 Å². The van der Waals surface area contributed by atoms with E-state index in [1.54, 1.807) is 6.92 Å². The molecule has 0 aliphatic carbocycles. The van der Waals surface area contributed by atoms with Gasteiger partial charge in [0.15, 0.2) is 0 Å². The van der Waals surface area contributed by atoms with E-state index in [4.69, 9.17) is 12.2 Å². The zero-order valence-corrected chi connectivity index (χ0v) is 10.6. The fraction of sp³-hybridized carbons (Fsp3) is 0.500. The minimum absolute atomic E-state index is 0.124. The van der Waals surface area contributed by atoms with Crippen LogP contribution in [-0.2, 0) is 6.54 Å². The van der Waals surface area contributed by atoms with Gasteiger partial charge >= 0.3 is 5.69 Å². The van der Waals surface area contributed by atoms with Crippen molar-refractivity contribution in [3.63, 3.8) is 0 Å². The molecule has 1 aromatic rings. The number of nitrogens with zero attached hydrogens (tertiary/aromatic N) is 1. The summed E-state index contributed by atoms with van der Waals surface area (Å²) in [5.41, 5.74) is 4.95. The van der Waals surface area contributed by atoms with E-state index in [2.05, 4.69) is 16.2 Å². The van der Waals surface area contributed by atoms with E-state index in [0.717, 1.165) is 12.8 Å². The fourth-order valence-corrected chi connectivity index (χ4v) is 1.52. The number of nitrogens with two attached hydrogens (primary N) is 1. The second-order valence-corrected chi connectivity index (χ2v) is 4.06. The Labute approximate surface area is 105 Å². The van der Waals surface area contributed by atoms with Crippen molar-refractivity contribution in [2.24, 2.45) is 0 Å². The molecule has 0 amide bonds. The minimum Gasteiger partial charge on any atom is -0.383 e. The molecule has 1 heterocycles. The van der Waals surface area contributed by atoms with E-state index >= 15 is 0 Å². The number of rotatable bonds is 5. The molecule has 0 saturated heterocycles. The van der Waals surface area contributed by atoms with Crippen LogP contribution in [0, 0.1) is 12.3 Å². The second kappa shape index (κ2) is 5.96. The largest absolute Gasteiger partial charge is 0.383 e. The van der Waals surface area contributed by atoms with E-state index in [1.165, 1.54) is 4.57 Å². The van der Waals surface area contributed by atoms with E-state index in [-0.39, 0.29) is 17.5 Å². The first kappa shape index (κ1) is 13.9. The summed E-state index contributed by atoms with van der Waals surface area (Å²) in [6.07, 6.45) is 6.97. The SMILES string of the molecule is C#CC(C)Nc1c(N)n(CCCC)c(=O)[nH]c1=O. The summed E-state index contributed by atoms with van der Waals surface area (Å²) in [4.78, 5) is 25.5. The Hall–Kier alpha value is -2.16. The van der Waals surface area contributed by atoms with Crippen LogP contribution in [0.1, 0.15) is 26.7 Å². The van der Waals surface area contributed by atoms with Crippen molar-refractivity contribution in [3.8, 4) is 12.3 Å². The molecular weight excluding hydrogens is 232 g/mol. The van der Waals surface area contributed by atoms with Crippen molar-refractivity contribution >= 4 is 11.5 Å². The smallest absolute Gasteiger partial charge is 0.330 e. The van der Waals surface area contributed by atoms with Crippen molar-refractivity contribution in [2.75, 3.05) is 11.1 Å². The molecule has 4 N–H and O–H groups in total. The third-order valence-corrected chi connectivity index (χ3v) is 2.59. The quantitative estimate of drug-likeness (QED) is 0.657. The first-order valence-corrected chi connectivity index (χ1v) is 5.86. The lowest BCUT2D eigenvalue weighted by Crippen LogP contribution is -2.35. The van der Waals surface area contributed by atoms with E-state index in [9.17, 15) is 9.59 Å². The van der Waals surface area contributed by atoms with Gasteiger partial charge in [-0.25, -0.2) is 4.79 Å². The van der Waals surface area contributed by atoms with E-state index in [1.807, 2.05) is 6.92 Å². The predicted molar refractivity (Wildman–Crippen MR) is 72.6 cm³/mol. The monoisotopic (exact) mass is 250 g/mol. The van der Waals surface area contributed by atoms with Gasteiger partial charge in [-0.1, -0.05) is 19.3 Å². The summed E-state index contributed by atoms with van der Waals surface area (Å²) in [7, 11) is 0. The van der Waals surface area contributed by atoms with Gasteiger partial charge in [-0.15, -0.1) is 6.42 Å². The number of terminal acetylenes is 1. The molecule has 1 atom stereocenters. The van der Waals surface area contributed by atoms with Crippen LogP contribution in [0.2, 0.25) is 0 Å². The number of unbranched alkanes of at least 4 members (excludes halogenated alkanes) is 1. The molecule has 6 nitrogen and oxygen atoms in total. The Bertz CT molecular complexity index is 565. The van der Waals surface area contributed by atoms with Crippen LogP contribution in [0.15, 0.2) is 9.59 Å². The summed E-state index contributed by atoms with van der Waals surface area (Å²) >= 11 is 0. The molecule has 0 saturated carbocycles. The lowest BCUT2D eigenvalue weighted by molar-refractivity contribution is 0.605. The van der Waals surface area contributed by atoms with Crippen LogP contribution in [0.3, 0.4) is 0 Å². The minimum atomic E-state index is -0.549. The maximum absolute atomic E-state index is 11.7. The summed E-state index contributed by atoms with van der Waals surface area (Å²) in [5.74, 6) is 2.56. The normalized spacial score (nSPS) is 11.8. The van der Waals surface area contributed by atoms with Gasteiger partial charge in [-0.2, -0.15) is 0 Å². The number of anilines is 2. The molecule has 6 heteroatoms. The molecule has 1 unspecified atom stereocenters. The topological polar surface area (TPSA) is 92.9 Å². The lowest BCUT2D eigenvalue weighted by Gasteiger charge is -2.14. The van der Waals surface area contributed by atoms with Crippen molar-refractivity contribution in [1.82, 2.24) is 9.55 Å². The second-order valence-electron chi connectivity index (χ2n) is 4.06. The summed E-state index contributed by atoms with van der Waals surface area (Å²) in [6, 6.07) is -0.342. The maximum atomic E-state index is 11.7. The standard InChI is InChI=1S/C12H18N4O2/c1-4-6-7-16-10(13)9(14-8(3)5-2)11(17)15-12(16)18/h2,8,14H,4,6-7,13H2,1,3H3,(H,15,17,18). The third-order valence-electron chi connectivity index (χ3n) is 2.59. The van der Waals surface area contributed by atoms with Crippen molar-refractivity contribution in [2.45, 2.75) is 39.3 Å². The maximum Gasteiger partial charge on any atom is 0.330 e. The van der Waals surface area contributed by atoms with Gasteiger partial charge < -0.3 is 11.1 Å². The van der Waals surface area contributed by atoms with Gasteiger partial charge in [-0.05, 0) is 13.3 Å². The van der Waals surface area contributed by atoms with Gasteiger partial charge in [-0.3, -0.25) is 14.3 Å². The molecule has 0 spiro atoms. The number of hydrogen-bond acceptors (Lipinski definition) is 4. The molecule has 0 aliphatic rings. The Morgan fingerprint density at radius 2 is 2.22 bits per heavy atom. The Kier molecular flexibility index (Phi) is 4.60. The first-order chi connectivity index (χ1) is 8.51. The van der Waals surface area contributed by atoms with Crippen LogP contribution in [0.4, 0.5) is 11.5 Å². The average molecular weight is 250 g/mol. The number of nitrogens with one attached hydrogen (secondary N) is 2. The highest BCUT2D eigenvalue weighted by atomic mass is 16.2. The molecule has 1 rings (SSSR count). The number of aromatic amines is 1. The molecule has 0 aromatic carbocycles. The molecule has 0 radical (unpaired) electrons. The predicted octanol–water partition coefficient (Wildman–Crippen LogP) is 0.352. The van der Waals surface area contributed by atoms with Gasteiger partial charge in [0.05, 0.1) is 6.04 Å². The molecule has 18 heavy (non-hydrogen) atoms. The Balaban J connectivity index is 3.23. The zero-order valence-electron chi connectivity index (χ0n) is 10.6. The first-order valence-electron chi connectivity index (χ1n) is 5.86. The van der Waals surface area contributed by atoms with Crippen LogP contribution in [-0.4, -0.2) is 15.6 Å². The Morgan fingerprint density at radius 1 is 1.56 bits per heavy atom. The fourth-order valence-electron chi connectivity index (χ4n) is 1.52. The van der Waals surface area contributed by atoms with E-state index in [0.29, 0.717) is 6.54 Å². The number of nitrogen functional groups attached to an aromatic ring is 1. The molecule has 0 aliphatic heterocycles. The molecule has 0 fully saturated rings. The molecule has 1 aromatic heterocycles. The van der Waals surface area contributed by atoms with Crippen molar-refractivity contribution < 1.29 is 0 Å². The van der Waals surface area contributed by atoms with Gasteiger partial charge in [0, 0.05) is 6.54 Å². The van der Waals surface area contributed by atoms with Crippen molar-refractivity contribution in [1.29, 1.82) is 0 Å². The van der Waals surface area contributed by atoms with Crippen molar-refractivity contribution in [3.05, 3.63) is 20.8 Å². The van der Waals surface area contributed by atoms with Crippen LogP contribution < -0.4 is 22.3 Å². The zero-order chi connectivity index (χ0) is 13.7. The number of H-pyrrole nitrogens is 1. The Morgan fingerprint density at radius 3 is 2.78 bits per heavy atom. The summed E-state index contributed by atoms with van der Waals surface area (Å²) in [6.45, 7) is 4.20. The molecular formula is C12H18N4O2. The number of aromatic nitrogens is 2. The third kappa shape index (κ3) is 2.94. The highest BCUT2D eigenvalue weighted by Gasteiger charge is 2.12. The summed E-state index contributed by atoms with van der Waals surface area (Å²) < 4.78 is 1.34. The number of hydrogen-bond donors (Lipinski definition) is 3. The van der Waals surface area contributed by atoms with Gasteiger partial charge in [0.2, 0.25) is 0 Å². The van der Waals surface area contributed by atoms with Gasteiger partial charge in [0.25, 0.3) is 5.56 Å². The molecule has 0 bridgehead atoms. The van der Waals surface area contributed by atoms with Crippen LogP contribution >= 0.6 is 0 Å². The van der Waals surface area contributed by atoms with E-state index < -0.39 is 11.2 Å². The molecule has 98 valence electrons. The highest BCUT2D eigenvalue weighted by molar-refractivity contribution is 5.61.